The van der Waals surface area contributed by atoms with Crippen LogP contribution in [0.15, 0.2) is 83.6 Å². The van der Waals surface area contributed by atoms with E-state index < -0.39 is 0 Å². The summed E-state index contributed by atoms with van der Waals surface area (Å²) in [6, 6.07) is 22.9. The first-order valence-electron chi connectivity index (χ1n) is 13.1. The number of imidazole rings is 1. The highest BCUT2D eigenvalue weighted by molar-refractivity contribution is 7.08. The van der Waals surface area contributed by atoms with E-state index in [-0.39, 0.29) is 36.7 Å². The quantitative estimate of drug-likeness (QED) is 0.219. The molecule has 3 aromatic carbocycles. The molecule has 1 atom stereocenters. The first kappa shape index (κ1) is 26.3. The maximum atomic E-state index is 13.6. The Morgan fingerprint density at radius 1 is 1.00 bits per heavy atom. The number of fused-ring (bicyclic) bond motifs is 3. The molecule has 0 bridgehead atoms. The smallest absolute Gasteiger partial charge is 0.306 e. The molecule has 10 heteroatoms. The molecule has 1 aliphatic rings. The highest BCUT2D eigenvalue weighted by Crippen LogP contribution is 2.41. The van der Waals surface area contributed by atoms with Crippen molar-refractivity contribution in [2.24, 2.45) is 0 Å². The van der Waals surface area contributed by atoms with Crippen LogP contribution in [0.25, 0.3) is 11.0 Å². The van der Waals surface area contributed by atoms with Crippen molar-refractivity contribution in [2.45, 2.75) is 18.9 Å². The second-order valence-corrected chi connectivity index (χ2v) is 10.5. The lowest BCUT2D eigenvalue weighted by Gasteiger charge is -2.24. The number of esters is 1. The number of rotatable bonds is 8. The van der Waals surface area contributed by atoms with Gasteiger partial charge < -0.3 is 20.4 Å². The predicted molar refractivity (Wildman–Crippen MR) is 159 cm³/mol. The third kappa shape index (κ3) is 5.42. The maximum Gasteiger partial charge on any atom is 0.306 e. The van der Waals surface area contributed by atoms with Crippen LogP contribution in [-0.4, -0.2) is 41.4 Å². The molecule has 3 N–H and O–H groups in total. The summed E-state index contributed by atoms with van der Waals surface area (Å²) in [5.41, 5.74) is 6.31. The lowest BCUT2D eigenvalue weighted by Crippen LogP contribution is -2.40. The van der Waals surface area contributed by atoms with Crippen LogP contribution in [0.3, 0.4) is 0 Å². The molecule has 5 aromatic rings. The van der Waals surface area contributed by atoms with Gasteiger partial charge in [0.2, 0.25) is 11.9 Å². The van der Waals surface area contributed by atoms with E-state index in [0.29, 0.717) is 23.7 Å². The molecule has 0 spiro atoms. The fraction of sp³-hybridized carbons (Fsp3) is 0.161. The topological polar surface area (TPSA) is 116 Å². The van der Waals surface area contributed by atoms with Gasteiger partial charge in [-0.15, -0.1) is 0 Å². The zero-order valence-electron chi connectivity index (χ0n) is 22.2. The Morgan fingerprint density at radius 2 is 1.78 bits per heavy atom. The zero-order valence-corrected chi connectivity index (χ0v) is 23.0. The minimum absolute atomic E-state index is 0.103. The SMILES string of the molecule is COC(=O)CC1c2cscc2C(=O)N(CC(=O)NCc2ccc(Nc3nc4ccccc4[nH]3)cc2)c2ccccc21. The molecular formula is C31H27N5O4S. The summed E-state index contributed by atoms with van der Waals surface area (Å²) >= 11 is 1.40. The Bertz CT molecular complexity index is 1710. The number of ether oxygens (including phenoxy) is 1. The molecule has 0 aliphatic carbocycles. The van der Waals surface area contributed by atoms with Gasteiger partial charge in [-0.2, -0.15) is 11.3 Å². The van der Waals surface area contributed by atoms with Crippen LogP contribution in [0, 0.1) is 0 Å². The molecule has 3 heterocycles. The van der Waals surface area contributed by atoms with Crippen LogP contribution in [-0.2, 0) is 20.9 Å². The molecule has 0 fully saturated rings. The van der Waals surface area contributed by atoms with Gasteiger partial charge in [-0.25, -0.2) is 4.98 Å². The highest BCUT2D eigenvalue weighted by atomic mass is 32.1. The number of H-pyrrole nitrogens is 1. The van der Waals surface area contributed by atoms with E-state index >= 15 is 0 Å². The monoisotopic (exact) mass is 565 g/mol. The number of carbonyl (C=O) groups is 3. The van der Waals surface area contributed by atoms with Gasteiger partial charge in [-0.1, -0.05) is 42.5 Å². The number of amides is 2. The van der Waals surface area contributed by atoms with Gasteiger partial charge in [-0.05, 0) is 52.4 Å². The van der Waals surface area contributed by atoms with Gasteiger partial charge >= 0.3 is 5.97 Å². The van der Waals surface area contributed by atoms with E-state index in [4.69, 9.17) is 4.74 Å². The van der Waals surface area contributed by atoms with Crippen LogP contribution >= 0.6 is 11.3 Å². The number of para-hydroxylation sites is 3. The van der Waals surface area contributed by atoms with E-state index in [1.54, 1.807) is 5.38 Å². The first-order valence-corrected chi connectivity index (χ1v) is 14.1. The van der Waals surface area contributed by atoms with Crippen molar-refractivity contribution in [3.05, 3.63) is 106 Å². The largest absolute Gasteiger partial charge is 0.469 e. The molecule has 6 rings (SSSR count). The molecule has 0 radical (unpaired) electrons. The van der Waals surface area contributed by atoms with Crippen molar-refractivity contribution in [1.29, 1.82) is 0 Å². The van der Waals surface area contributed by atoms with E-state index in [1.807, 2.05) is 78.2 Å². The number of methoxy groups -OCH3 is 1. The molecule has 0 saturated heterocycles. The van der Waals surface area contributed by atoms with E-state index in [0.717, 1.165) is 33.4 Å². The second kappa shape index (κ2) is 11.3. The third-order valence-corrected chi connectivity index (χ3v) is 7.90. The second-order valence-electron chi connectivity index (χ2n) is 9.72. The standard InChI is InChI=1S/C31H27N5O4S/c1-40-29(38)14-22-21-6-2-5-9-27(21)36(30(39)24-18-41-17-23(22)24)16-28(37)32-15-19-10-12-20(13-11-19)33-31-34-25-7-3-4-8-26(25)35-31/h2-13,17-18,22H,14-16H2,1H3,(H,32,37)(H2,33,34,35). The molecule has 1 aliphatic heterocycles. The molecule has 0 saturated carbocycles. The minimum atomic E-state index is -0.362. The van der Waals surface area contributed by atoms with Crippen LogP contribution in [0.2, 0.25) is 0 Å². The molecule has 2 amide bonds. The number of nitrogens with zero attached hydrogens (tertiary/aromatic N) is 2. The van der Waals surface area contributed by atoms with E-state index in [1.165, 1.54) is 23.3 Å². The fourth-order valence-corrected chi connectivity index (χ4v) is 5.96. The third-order valence-electron chi connectivity index (χ3n) is 7.14. The Morgan fingerprint density at radius 3 is 2.59 bits per heavy atom. The Kier molecular flexibility index (Phi) is 7.22. The summed E-state index contributed by atoms with van der Waals surface area (Å²) < 4.78 is 4.94. The number of nitrogens with one attached hydrogen (secondary N) is 3. The van der Waals surface area contributed by atoms with Crippen molar-refractivity contribution in [3.8, 4) is 0 Å². The van der Waals surface area contributed by atoms with Gasteiger partial charge in [0.25, 0.3) is 5.91 Å². The number of hydrogen-bond acceptors (Lipinski definition) is 7. The minimum Gasteiger partial charge on any atom is -0.469 e. The summed E-state index contributed by atoms with van der Waals surface area (Å²) in [6.45, 7) is 0.157. The van der Waals surface area contributed by atoms with Crippen molar-refractivity contribution in [2.75, 3.05) is 23.9 Å². The zero-order chi connectivity index (χ0) is 28.3. The van der Waals surface area contributed by atoms with Crippen LogP contribution in [0.5, 0.6) is 0 Å². The summed E-state index contributed by atoms with van der Waals surface area (Å²) in [6.07, 6.45) is 0.103. The molecular weight excluding hydrogens is 538 g/mol. The molecule has 1 unspecified atom stereocenters. The van der Waals surface area contributed by atoms with Crippen LogP contribution < -0.4 is 15.5 Å². The van der Waals surface area contributed by atoms with Crippen molar-refractivity contribution >= 4 is 57.5 Å². The number of thiophene rings is 1. The summed E-state index contributed by atoms with van der Waals surface area (Å²) in [5, 5.41) is 9.86. The van der Waals surface area contributed by atoms with Gasteiger partial charge in [0.1, 0.15) is 6.54 Å². The Hall–Kier alpha value is -4.96. The average Bonchev–Trinajstić information content (AvgIpc) is 3.63. The maximum absolute atomic E-state index is 13.6. The number of aromatic amines is 1. The number of carbonyl (C=O) groups excluding carboxylic acids is 3. The molecule has 206 valence electrons. The average molecular weight is 566 g/mol. The van der Waals surface area contributed by atoms with E-state index in [2.05, 4.69) is 20.6 Å². The fourth-order valence-electron chi connectivity index (χ4n) is 5.08. The van der Waals surface area contributed by atoms with Gasteiger partial charge in [0, 0.05) is 29.2 Å². The summed E-state index contributed by atoms with van der Waals surface area (Å²) in [7, 11) is 1.35. The van der Waals surface area contributed by atoms with Gasteiger partial charge in [0.05, 0.1) is 30.1 Å². The molecule has 41 heavy (non-hydrogen) atoms. The van der Waals surface area contributed by atoms with E-state index in [9.17, 15) is 14.4 Å². The van der Waals surface area contributed by atoms with Crippen molar-refractivity contribution in [1.82, 2.24) is 15.3 Å². The summed E-state index contributed by atoms with van der Waals surface area (Å²) in [4.78, 5) is 48.3. The van der Waals surface area contributed by atoms with Crippen molar-refractivity contribution in [3.63, 3.8) is 0 Å². The Labute approximate surface area is 240 Å². The normalized spacial score (nSPS) is 14.2. The van der Waals surface area contributed by atoms with Gasteiger partial charge in [-0.3, -0.25) is 19.3 Å². The number of anilines is 3. The first-order chi connectivity index (χ1) is 20.0. The highest BCUT2D eigenvalue weighted by Gasteiger charge is 2.35. The summed E-state index contributed by atoms with van der Waals surface area (Å²) in [5.74, 6) is -0.613. The number of hydrogen-bond donors (Lipinski definition) is 3. The number of aromatic nitrogens is 2. The Balaban J connectivity index is 1.14. The van der Waals surface area contributed by atoms with Crippen LogP contribution in [0.1, 0.15) is 39.4 Å². The number of benzene rings is 3. The lowest BCUT2D eigenvalue weighted by molar-refractivity contribution is -0.140. The predicted octanol–water partition coefficient (Wildman–Crippen LogP) is 5.34. The van der Waals surface area contributed by atoms with Crippen molar-refractivity contribution < 1.29 is 19.1 Å². The molecule has 2 aromatic heterocycles. The molecule has 9 nitrogen and oxygen atoms in total. The van der Waals surface area contributed by atoms with Crippen LogP contribution in [0.4, 0.5) is 17.3 Å². The van der Waals surface area contributed by atoms with Gasteiger partial charge in [0.15, 0.2) is 0 Å². The lowest BCUT2D eigenvalue weighted by atomic mass is 9.88.